The first kappa shape index (κ1) is 16.2. The van der Waals surface area contributed by atoms with Gasteiger partial charge in [0, 0.05) is 36.6 Å². The molecule has 0 radical (unpaired) electrons. The average Bonchev–Trinajstić information content (AvgIpc) is 3.13. The van der Waals surface area contributed by atoms with Gasteiger partial charge in [0.15, 0.2) is 0 Å². The van der Waals surface area contributed by atoms with Crippen molar-refractivity contribution in [3.63, 3.8) is 0 Å². The van der Waals surface area contributed by atoms with Crippen LogP contribution in [-0.2, 0) is 4.79 Å². The zero-order valence-electron chi connectivity index (χ0n) is 13.8. The first-order valence-corrected chi connectivity index (χ1v) is 8.28. The summed E-state index contributed by atoms with van der Waals surface area (Å²) in [4.78, 5) is 29.9. The van der Waals surface area contributed by atoms with E-state index in [1.807, 2.05) is 31.3 Å². The van der Waals surface area contributed by atoms with Crippen molar-refractivity contribution < 1.29 is 9.59 Å². The first-order chi connectivity index (χ1) is 11.6. The number of amides is 3. The largest absolute Gasteiger partial charge is 0.341 e. The first-order valence-electron chi connectivity index (χ1n) is 8.28. The van der Waals surface area contributed by atoms with Crippen LogP contribution in [0.5, 0.6) is 0 Å². The van der Waals surface area contributed by atoms with Crippen molar-refractivity contribution in [2.45, 2.75) is 31.7 Å². The molecule has 0 atom stereocenters. The molecule has 1 aromatic carbocycles. The standard InChI is InChI=1S/C18H22N4O2/c1-22(16-4-2-3-5-16)17(23)12-20-18(24)21-15-7-6-14-11-19-9-8-13(14)10-15/h6-11,16H,2-5,12H2,1H3,(H2,20,21,24). The van der Waals surface area contributed by atoms with E-state index in [0.29, 0.717) is 11.7 Å². The molecule has 3 amide bonds. The van der Waals surface area contributed by atoms with E-state index in [4.69, 9.17) is 0 Å². The van der Waals surface area contributed by atoms with Gasteiger partial charge in [0.25, 0.3) is 0 Å². The molecule has 0 saturated heterocycles. The lowest BCUT2D eigenvalue weighted by Crippen LogP contribution is -2.43. The van der Waals surface area contributed by atoms with E-state index in [1.165, 1.54) is 12.8 Å². The van der Waals surface area contributed by atoms with Crippen LogP contribution in [0.15, 0.2) is 36.7 Å². The number of nitrogens with one attached hydrogen (secondary N) is 2. The summed E-state index contributed by atoms with van der Waals surface area (Å²) in [6.07, 6.45) is 7.95. The Labute approximate surface area is 141 Å². The number of rotatable bonds is 4. The molecule has 6 heteroatoms. The molecule has 1 fully saturated rings. The van der Waals surface area contributed by atoms with Gasteiger partial charge < -0.3 is 15.5 Å². The van der Waals surface area contributed by atoms with Gasteiger partial charge in [-0.1, -0.05) is 18.9 Å². The fourth-order valence-corrected chi connectivity index (χ4v) is 3.11. The minimum atomic E-state index is -0.378. The van der Waals surface area contributed by atoms with Crippen LogP contribution in [0, 0.1) is 0 Å². The highest BCUT2D eigenvalue weighted by molar-refractivity contribution is 5.95. The highest BCUT2D eigenvalue weighted by atomic mass is 16.2. The lowest BCUT2D eigenvalue weighted by Gasteiger charge is -2.24. The Morgan fingerprint density at radius 3 is 2.79 bits per heavy atom. The smallest absolute Gasteiger partial charge is 0.319 e. The molecule has 3 rings (SSSR count). The summed E-state index contributed by atoms with van der Waals surface area (Å²) in [5.74, 6) is -0.0540. The molecule has 0 spiro atoms. The maximum Gasteiger partial charge on any atom is 0.319 e. The molecule has 24 heavy (non-hydrogen) atoms. The van der Waals surface area contributed by atoms with Crippen molar-refractivity contribution >= 4 is 28.4 Å². The van der Waals surface area contributed by atoms with E-state index in [9.17, 15) is 9.59 Å². The molecule has 0 bridgehead atoms. The quantitative estimate of drug-likeness (QED) is 0.907. The third-order valence-corrected chi connectivity index (χ3v) is 4.56. The molecule has 2 aromatic rings. The van der Waals surface area contributed by atoms with Gasteiger partial charge in [-0.05, 0) is 36.4 Å². The maximum absolute atomic E-state index is 12.1. The van der Waals surface area contributed by atoms with Crippen LogP contribution in [0.4, 0.5) is 10.5 Å². The molecular weight excluding hydrogens is 304 g/mol. The normalized spacial score (nSPS) is 14.5. The molecule has 126 valence electrons. The minimum absolute atomic E-state index is 0.0103. The number of hydrogen-bond donors (Lipinski definition) is 2. The number of benzene rings is 1. The van der Waals surface area contributed by atoms with Crippen molar-refractivity contribution in [1.29, 1.82) is 0 Å². The van der Waals surface area contributed by atoms with Gasteiger partial charge in [0.1, 0.15) is 0 Å². The SMILES string of the molecule is CN(C(=O)CNC(=O)Nc1ccc2cnccc2c1)C1CCCC1. The van der Waals surface area contributed by atoms with Crippen molar-refractivity contribution in [3.05, 3.63) is 36.7 Å². The second-order valence-corrected chi connectivity index (χ2v) is 6.19. The molecule has 6 nitrogen and oxygen atoms in total. The fraction of sp³-hybridized carbons (Fsp3) is 0.389. The molecule has 1 aliphatic carbocycles. The maximum atomic E-state index is 12.1. The number of fused-ring (bicyclic) bond motifs is 1. The van der Waals surface area contributed by atoms with E-state index in [1.54, 1.807) is 17.3 Å². The average molecular weight is 326 g/mol. The monoisotopic (exact) mass is 326 g/mol. The van der Waals surface area contributed by atoms with E-state index in [0.717, 1.165) is 23.6 Å². The van der Waals surface area contributed by atoms with Crippen LogP contribution >= 0.6 is 0 Å². The summed E-state index contributed by atoms with van der Waals surface area (Å²) in [7, 11) is 1.81. The van der Waals surface area contributed by atoms with Crippen LogP contribution in [0.2, 0.25) is 0 Å². The van der Waals surface area contributed by atoms with Gasteiger partial charge in [0.05, 0.1) is 6.54 Å². The molecule has 0 unspecified atom stereocenters. The van der Waals surface area contributed by atoms with Crippen LogP contribution in [0.1, 0.15) is 25.7 Å². The highest BCUT2D eigenvalue weighted by Gasteiger charge is 2.23. The Morgan fingerprint density at radius 1 is 1.21 bits per heavy atom. The number of aromatic nitrogens is 1. The topological polar surface area (TPSA) is 74.3 Å². The van der Waals surface area contributed by atoms with Crippen molar-refractivity contribution in [2.24, 2.45) is 0 Å². The van der Waals surface area contributed by atoms with Crippen molar-refractivity contribution in [3.8, 4) is 0 Å². The summed E-state index contributed by atoms with van der Waals surface area (Å²) >= 11 is 0. The van der Waals surface area contributed by atoms with Crippen LogP contribution in [0.25, 0.3) is 10.8 Å². The second-order valence-electron chi connectivity index (χ2n) is 6.19. The number of carbonyl (C=O) groups excluding carboxylic acids is 2. The number of anilines is 1. The summed E-state index contributed by atoms with van der Waals surface area (Å²) in [5, 5.41) is 7.40. The summed E-state index contributed by atoms with van der Waals surface area (Å²) in [5.41, 5.74) is 0.683. The number of urea groups is 1. The van der Waals surface area contributed by atoms with Crippen molar-refractivity contribution in [2.75, 3.05) is 18.9 Å². The molecule has 1 saturated carbocycles. The van der Waals surface area contributed by atoms with Crippen LogP contribution < -0.4 is 10.6 Å². The molecule has 1 aliphatic rings. The van der Waals surface area contributed by atoms with Crippen molar-refractivity contribution in [1.82, 2.24) is 15.2 Å². The second kappa shape index (κ2) is 7.29. The predicted octanol–water partition coefficient (Wildman–Crippen LogP) is 2.76. The summed E-state index contributed by atoms with van der Waals surface area (Å²) in [6.45, 7) is 0.0103. The Morgan fingerprint density at radius 2 is 2.00 bits per heavy atom. The van der Waals surface area contributed by atoms with E-state index >= 15 is 0 Å². The number of hydrogen-bond acceptors (Lipinski definition) is 3. The van der Waals surface area contributed by atoms with Gasteiger partial charge in [-0.15, -0.1) is 0 Å². The lowest BCUT2D eigenvalue weighted by atomic mass is 10.1. The third-order valence-electron chi connectivity index (χ3n) is 4.56. The summed E-state index contributed by atoms with van der Waals surface area (Å²) < 4.78 is 0. The number of carbonyl (C=O) groups is 2. The van der Waals surface area contributed by atoms with Gasteiger partial charge in [0.2, 0.25) is 5.91 Å². The Hall–Kier alpha value is -2.63. The number of nitrogens with zero attached hydrogens (tertiary/aromatic N) is 2. The Kier molecular flexibility index (Phi) is 4.93. The molecular formula is C18H22N4O2. The number of likely N-dealkylation sites (N-methyl/N-ethyl adjacent to an activating group) is 1. The minimum Gasteiger partial charge on any atom is -0.341 e. The molecule has 0 aliphatic heterocycles. The van der Waals surface area contributed by atoms with Gasteiger partial charge in [-0.2, -0.15) is 0 Å². The Balaban J connectivity index is 1.52. The summed E-state index contributed by atoms with van der Waals surface area (Å²) in [6, 6.07) is 7.42. The lowest BCUT2D eigenvalue weighted by molar-refractivity contribution is -0.130. The molecule has 2 N–H and O–H groups in total. The van der Waals surface area contributed by atoms with Gasteiger partial charge in [-0.3, -0.25) is 9.78 Å². The zero-order chi connectivity index (χ0) is 16.9. The fourth-order valence-electron chi connectivity index (χ4n) is 3.11. The van der Waals surface area contributed by atoms with Gasteiger partial charge >= 0.3 is 6.03 Å². The highest BCUT2D eigenvalue weighted by Crippen LogP contribution is 2.22. The third kappa shape index (κ3) is 3.82. The van der Waals surface area contributed by atoms with E-state index in [2.05, 4.69) is 15.6 Å². The molecule has 1 heterocycles. The van der Waals surface area contributed by atoms with E-state index < -0.39 is 0 Å². The Bertz CT molecular complexity index is 741. The van der Waals surface area contributed by atoms with Crippen LogP contribution in [0.3, 0.4) is 0 Å². The zero-order valence-corrected chi connectivity index (χ0v) is 13.8. The van der Waals surface area contributed by atoms with E-state index in [-0.39, 0.29) is 18.5 Å². The predicted molar refractivity (Wildman–Crippen MR) is 93.8 cm³/mol. The van der Waals surface area contributed by atoms with Gasteiger partial charge in [-0.25, -0.2) is 4.79 Å². The number of pyridine rings is 1. The van der Waals surface area contributed by atoms with Crippen LogP contribution in [-0.4, -0.2) is 41.5 Å². The molecule has 1 aromatic heterocycles.